The fraction of sp³-hybridized carbons (Fsp3) is 0.462. The molecule has 0 saturated carbocycles. The lowest BCUT2D eigenvalue weighted by atomic mass is 10.1. The van der Waals surface area contributed by atoms with Crippen molar-refractivity contribution in [2.24, 2.45) is 5.73 Å². The van der Waals surface area contributed by atoms with Crippen LogP contribution in [0.2, 0.25) is 0 Å². The van der Waals surface area contributed by atoms with Crippen LogP contribution >= 0.6 is 15.9 Å². The Hall–Kier alpha value is -1.07. The molecule has 0 aliphatic carbocycles. The number of benzene rings is 1. The Morgan fingerprint density at radius 2 is 2.00 bits per heavy atom. The predicted octanol–water partition coefficient (Wildman–Crippen LogP) is 2.07. The molecule has 0 bridgehead atoms. The fourth-order valence-electron chi connectivity index (χ4n) is 1.23. The summed E-state index contributed by atoms with van der Waals surface area (Å²) in [5.41, 5.74) is 5.37. The molecule has 0 fully saturated rings. The van der Waals surface area contributed by atoms with Gasteiger partial charge in [0.2, 0.25) is 0 Å². The molecule has 0 aliphatic rings. The van der Waals surface area contributed by atoms with Crippen LogP contribution in [0.3, 0.4) is 0 Å². The van der Waals surface area contributed by atoms with Crippen molar-refractivity contribution in [2.75, 3.05) is 6.54 Å². The highest BCUT2D eigenvalue weighted by Gasteiger charge is 2.17. The molecule has 0 heterocycles. The van der Waals surface area contributed by atoms with Crippen molar-refractivity contribution in [3.63, 3.8) is 0 Å². The Balaban J connectivity index is 2.47. The van der Waals surface area contributed by atoms with Crippen molar-refractivity contribution in [2.45, 2.75) is 32.4 Å². The van der Waals surface area contributed by atoms with Gasteiger partial charge in [0.1, 0.15) is 5.75 Å². The van der Waals surface area contributed by atoms with Crippen LogP contribution < -0.4 is 15.8 Å². The Morgan fingerprint density at radius 3 is 2.50 bits per heavy atom. The maximum atomic E-state index is 11.8. The third kappa shape index (κ3) is 5.51. The molecular formula is C13H19BrN2O2. The molecule has 0 radical (unpaired) electrons. The van der Waals surface area contributed by atoms with Gasteiger partial charge < -0.3 is 15.8 Å². The molecule has 1 aromatic rings. The molecular weight excluding hydrogens is 296 g/mol. The zero-order valence-corrected chi connectivity index (χ0v) is 12.5. The minimum Gasteiger partial charge on any atom is -0.481 e. The summed E-state index contributed by atoms with van der Waals surface area (Å²) in [6.45, 7) is 5.84. The van der Waals surface area contributed by atoms with Gasteiger partial charge in [0, 0.05) is 16.6 Å². The van der Waals surface area contributed by atoms with Crippen molar-refractivity contribution < 1.29 is 9.53 Å². The van der Waals surface area contributed by atoms with E-state index in [-0.39, 0.29) is 5.91 Å². The number of halogens is 1. The molecule has 100 valence electrons. The lowest BCUT2D eigenvalue weighted by Crippen LogP contribution is -2.48. The first-order chi connectivity index (χ1) is 8.28. The first-order valence-electron chi connectivity index (χ1n) is 5.77. The van der Waals surface area contributed by atoms with Gasteiger partial charge in [-0.25, -0.2) is 0 Å². The minimum atomic E-state index is -0.548. The van der Waals surface area contributed by atoms with Gasteiger partial charge >= 0.3 is 0 Å². The van der Waals surface area contributed by atoms with Crippen LogP contribution in [-0.4, -0.2) is 24.1 Å². The van der Waals surface area contributed by atoms with Gasteiger partial charge in [0.25, 0.3) is 5.91 Å². The molecule has 1 amide bonds. The van der Waals surface area contributed by atoms with Crippen molar-refractivity contribution in [1.82, 2.24) is 5.32 Å². The van der Waals surface area contributed by atoms with E-state index in [2.05, 4.69) is 21.2 Å². The van der Waals surface area contributed by atoms with Crippen molar-refractivity contribution in [3.8, 4) is 5.75 Å². The molecule has 0 saturated heterocycles. The number of hydrogen-bond acceptors (Lipinski definition) is 3. The SMILES string of the molecule is CC(Oc1ccc(Br)cc1)C(=O)NCC(C)(C)N. The number of carbonyl (C=O) groups excluding carboxylic acids is 1. The van der Waals surface area contributed by atoms with Gasteiger partial charge in [-0.15, -0.1) is 0 Å². The summed E-state index contributed by atoms with van der Waals surface area (Å²) in [6.07, 6.45) is -0.548. The largest absolute Gasteiger partial charge is 0.481 e. The van der Waals surface area contributed by atoms with E-state index in [1.165, 1.54) is 0 Å². The second kappa shape index (κ2) is 6.20. The van der Waals surface area contributed by atoms with Gasteiger partial charge in [-0.05, 0) is 45.0 Å². The second-order valence-corrected chi connectivity index (χ2v) is 5.84. The lowest BCUT2D eigenvalue weighted by molar-refractivity contribution is -0.127. The van der Waals surface area contributed by atoms with Crippen LogP contribution in [0, 0.1) is 0 Å². The summed E-state index contributed by atoms with van der Waals surface area (Å²) in [7, 11) is 0. The minimum absolute atomic E-state index is 0.170. The smallest absolute Gasteiger partial charge is 0.260 e. The Kier molecular flexibility index (Phi) is 5.16. The maximum absolute atomic E-state index is 11.8. The third-order valence-corrected chi connectivity index (χ3v) is 2.74. The van der Waals surface area contributed by atoms with E-state index < -0.39 is 11.6 Å². The van der Waals surface area contributed by atoms with Crippen LogP contribution in [-0.2, 0) is 4.79 Å². The van der Waals surface area contributed by atoms with E-state index >= 15 is 0 Å². The highest BCUT2D eigenvalue weighted by Crippen LogP contribution is 2.17. The third-order valence-electron chi connectivity index (χ3n) is 2.21. The molecule has 3 N–H and O–H groups in total. The first-order valence-corrected chi connectivity index (χ1v) is 6.56. The number of nitrogens with two attached hydrogens (primary N) is 1. The molecule has 1 atom stereocenters. The predicted molar refractivity (Wildman–Crippen MR) is 75.5 cm³/mol. The van der Waals surface area contributed by atoms with E-state index in [0.29, 0.717) is 12.3 Å². The Morgan fingerprint density at radius 1 is 1.44 bits per heavy atom. The summed E-state index contributed by atoms with van der Waals surface area (Å²) < 4.78 is 6.49. The summed E-state index contributed by atoms with van der Waals surface area (Å²) >= 11 is 3.34. The Labute approximate surface area is 116 Å². The van der Waals surface area contributed by atoms with Gasteiger partial charge in [0.15, 0.2) is 6.10 Å². The number of carbonyl (C=O) groups is 1. The normalized spacial score (nSPS) is 12.9. The first kappa shape index (κ1) is 15.0. The molecule has 0 spiro atoms. The summed E-state index contributed by atoms with van der Waals surface area (Å²) in [5.74, 6) is 0.490. The number of nitrogens with one attached hydrogen (secondary N) is 1. The van der Waals surface area contributed by atoms with Crippen LogP contribution in [0.25, 0.3) is 0 Å². The topological polar surface area (TPSA) is 64.3 Å². The van der Waals surface area contributed by atoms with E-state index in [1.54, 1.807) is 19.1 Å². The zero-order chi connectivity index (χ0) is 13.8. The number of ether oxygens (including phenoxy) is 1. The van der Waals surface area contributed by atoms with Crippen LogP contribution in [0.1, 0.15) is 20.8 Å². The number of amides is 1. The van der Waals surface area contributed by atoms with Crippen LogP contribution in [0.5, 0.6) is 5.75 Å². The maximum Gasteiger partial charge on any atom is 0.260 e. The molecule has 18 heavy (non-hydrogen) atoms. The lowest BCUT2D eigenvalue weighted by Gasteiger charge is -2.21. The summed E-state index contributed by atoms with van der Waals surface area (Å²) in [5, 5.41) is 2.76. The van der Waals surface area contributed by atoms with Crippen molar-refractivity contribution in [1.29, 1.82) is 0 Å². The highest BCUT2D eigenvalue weighted by atomic mass is 79.9. The van der Waals surface area contributed by atoms with Gasteiger partial charge in [0.05, 0.1) is 0 Å². The Bertz CT molecular complexity index is 398. The van der Waals surface area contributed by atoms with Crippen LogP contribution in [0.4, 0.5) is 0 Å². The van der Waals surface area contributed by atoms with Crippen molar-refractivity contribution >= 4 is 21.8 Å². The molecule has 4 nitrogen and oxygen atoms in total. The highest BCUT2D eigenvalue weighted by molar-refractivity contribution is 9.10. The van der Waals surface area contributed by atoms with Crippen molar-refractivity contribution in [3.05, 3.63) is 28.7 Å². The summed E-state index contributed by atoms with van der Waals surface area (Å²) in [4.78, 5) is 11.8. The standard InChI is InChI=1S/C13H19BrN2O2/c1-9(12(17)16-8-13(2,3)15)18-11-6-4-10(14)5-7-11/h4-7,9H,8,15H2,1-3H3,(H,16,17). The number of hydrogen-bond donors (Lipinski definition) is 2. The average Bonchev–Trinajstić information content (AvgIpc) is 2.28. The van der Waals surface area contributed by atoms with E-state index in [1.807, 2.05) is 26.0 Å². The zero-order valence-electron chi connectivity index (χ0n) is 10.9. The quantitative estimate of drug-likeness (QED) is 0.874. The summed E-state index contributed by atoms with van der Waals surface area (Å²) in [6, 6.07) is 7.34. The molecule has 1 unspecified atom stereocenters. The monoisotopic (exact) mass is 314 g/mol. The van der Waals surface area contributed by atoms with Gasteiger partial charge in [-0.2, -0.15) is 0 Å². The van der Waals surface area contributed by atoms with Gasteiger partial charge in [-0.1, -0.05) is 15.9 Å². The van der Waals surface area contributed by atoms with Gasteiger partial charge in [-0.3, -0.25) is 4.79 Å². The molecule has 1 aromatic carbocycles. The molecule has 1 rings (SSSR count). The molecule has 0 aliphatic heterocycles. The van der Waals surface area contributed by atoms with Crippen LogP contribution in [0.15, 0.2) is 28.7 Å². The molecule has 5 heteroatoms. The molecule has 0 aromatic heterocycles. The fourth-order valence-corrected chi connectivity index (χ4v) is 1.49. The average molecular weight is 315 g/mol. The number of rotatable bonds is 5. The van der Waals surface area contributed by atoms with E-state index in [9.17, 15) is 4.79 Å². The second-order valence-electron chi connectivity index (χ2n) is 4.92. The van der Waals surface area contributed by atoms with E-state index in [0.717, 1.165) is 4.47 Å². The van der Waals surface area contributed by atoms with E-state index in [4.69, 9.17) is 10.5 Å².